The van der Waals surface area contributed by atoms with Gasteiger partial charge in [-0.25, -0.2) is 12.8 Å². The van der Waals surface area contributed by atoms with Crippen molar-refractivity contribution in [2.45, 2.75) is 25.2 Å². The highest BCUT2D eigenvalue weighted by atomic mass is 32.2. The quantitative estimate of drug-likeness (QED) is 0.915. The number of nitrogens with zero attached hydrogens (tertiary/aromatic N) is 1. The van der Waals surface area contributed by atoms with Crippen molar-refractivity contribution >= 4 is 10.0 Å². The molecule has 1 heterocycles. The predicted octanol–water partition coefficient (Wildman–Crippen LogP) is 1.49. The van der Waals surface area contributed by atoms with E-state index in [9.17, 15) is 12.8 Å². The molecule has 0 spiro atoms. The standard InChI is InChI=1S/C13H19FN2O2S/c1-10-7-11(3-4-12(10)14)19(17,18)16-6-5-13(2,8-15)9-16/h3-4,7H,5-6,8-9,15H2,1-2H3. The molecule has 4 nitrogen and oxygen atoms in total. The topological polar surface area (TPSA) is 63.4 Å². The van der Waals surface area contributed by atoms with Gasteiger partial charge in [-0.3, -0.25) is 0 Å². The molecule has 0 radical (unpaired) electrons. The second kappa shape index (κ2) is 4.85. The number of sulfonamides is 1. The summed E-state index contributed by atoms with van der Waals surface area (Å²) in [6.07, 6.45) is 0.753. The van der Waals surface area contributed by atoms with Crippen LogP contribution in [0.5, 0.6) is 0 Å². The van der Waals surface area contributed by atoms with Gasteiger partial charge in [0.05, 0.1) is 4.90 Å². The summed E-state index contributed by atoms with van der Waals surface area (Å²) in [4.78, 5) is 0.146. The van der Waals surface area contributed by atoms with Crippen LogP contribution in [0.15, 0.2) is 23.1 Å². The lowest BCUT2D eigenvalue weighted by molar-refractivity contribution is 0.349. The monoisotopic (exact) mass is 286 g/mol. The third-order valence-corrected chi connectivity index (χ3v) is 5.62. The van der Waals surface area contributed by atoms with E-state index in [1.54, 1.807) is 6.92 Å². The van der Waals surface area contributed by atoms with Gasteiger partial charge in [0.2, 0.25) is 10.0 Å². The van der Waals surface area contributed by atoms with Crippen LogP contribution in [0.3, 0.4) is 0 Å². The summed E-state index contributed by atoms with van der Waals surface area (Å²) in [5.74, 6) is -0.396. The van der Waals surface area contributed by atoms with E-state index < -0.39 is 15.8 Å². The van der Waals surface area contributed by atoms with Crippen molar-refractivity contribution in [2.24, 2.45) is 11.1 Å². The fourth-order valence-corrected chi connectivity index (χ4v) is 3.95. The fraction of sp³-hybridized carbons (Fsp3) is 0.538. The maximum atomic E-state index is 13.2. The molecule has 0 saturated carbocycles. The second-order valence-electron chi connectivity index (χ2n) is 5.51. The predicted molar refractivity (Wildman–Crippen MR) is 71.7 cm³/mol. The molecule has 1 fully saturated rings. The van der Waals surface area contributed by atoms with E-state index in [0.29, 0.717) is 25.2 Å². The van der Waals surface area contributed by atoms with Crippen molar-refractivity contribution in [1.29, 1.82) is 0 Å². The van der Waals surface area contributed by atoms with Crippen LogP contribution in [0, 0.1) is 18.2 Å². The first-order valence-electron chi connectivity index (χ1n) is 6.25. The van der Waals surface area contributed by atoms with Crippen molar-refractivity contribution in [3.63, 3.8) is 0 Å². The third-order valence-electron chi connectivity index (χ3n) is 3.78. The van der Waals surface area contributed by atoms with Crippen LogP contribution in [-0.2, 0) is 10.0 Å². The van der Waals surface area contributed by atoms with Gasteiger partial charge in [-0.2, -0.15) is 4.31 Å². The molecule has 2 N–H and O–H groups in total. The van der Waals surface area contributed by atoms with Gasteiger partial charge >= 0.3 is 0 Å². The maximum absolute atomic E-state index is 13.2. The van der Waals surface area contributed by atoms with E-state index in [1.165, 1.54) is 22.5 Å². The zero-order valence-electron chi connectivity index (χ0n) is 11.2. The Balaban J connectivity index is 2.31. The van der Waals surface area contributed by atoms with E-state index in [1.807, 2.05) is 6.92 Å². The summed E-state index contributed by atoms with van der Waals surface area (Å²) in [7, 11) is -3.55. The Morgan fingerprint density at radius 3 is 2.68 bits per heavy atom. The smallest absolute Gasteiger partial charge is 0.243 e. The molecule has 2 rings (SSSR count). The van der Waals surface area contributed by atoms with E-state index in [4.69, 9.17) is 5.73 Å². The van der Waals surface area contributed by atoms with Gasteiger partial charge in [0.15, 0.2) is 0 Å². The zero-order chi connectivity index (χ0) is 14.3. The molecular formula is C13H19FN2O2S. The number of hydrogen-bond acceptors (Lipinski definition) is 3. The average Bonchev–Trinajstić information content (AvgIpc) is 2.77. The summed E-state index contributed by atoms with van der Waals surface area (Å²) in [6, 6.07) is 3.89. The van der Waals surface area contributed by atoms with E-state index >= 15 is 0 Å². The SMILES string of the molecule is Cc1cc(S(=O)(=O)N2CCC(C)(CN)C2)ccc1F. The van der Waals surface area contributed by atoms with Crippen molar-refractivity contribution in [3.8, 4) is 0 Å². The van der Waals surface area contributed by atoms with Crippen molar-refractivity contribution in [3.05, 3.63) is 29.6 Å². The molecule has 0 bridgehead atoms. The highest BCUT2D eigenvalue weighted by molar-refractivity contribution is 7.89. The van der Waals surface area contributed by atoms with E-state index in [-0.39, 0.29) is 10.3 Å². The number of aryl methyl sites for hydroxylation is 1. The molecule has 1 aliphatic rings. The third kappa shape index (κ3) is 2.66. The van der Waals surface area contributed by atoms with Crippen molar-refractivity contribution in [1.82, 2.24) is 4.31 Å². The highest BCUT2D eigenvalue weighted by Crippen LogP contribution is 2.32. The van der Waals surface area contributed by atoms with E-state index in [0.717, 1.165) is 6.42 Å². The molecule has 1 aromatic carbocycles. The molecule has 1 saturated heterocycles. The Bertz CT molecular complexity index is 588. The van der Waals surface area contributed by atoms with Gasteiger partial charge in [0.1, 0.15) is 5.82 Å². The van der Waals surface area contributed by atoms with Gasteiger partial charge in [0, 0.05) is 13.1 Å². The van der Waals surface area contributed by atoms with Gasteiger partial charge in [-0.15, -0.1) is 0 Å². The van der Waals surface area contributed by atoms with Crippen LogP contribution in [0.1, 0.15) is 18.9 Å². The molecule has 1 aliphatic heterocycles. The molecule has 1 unspecified atom stereocenters. The first-order valence-corrected chi connectivity index (χ1v) is 7.69. The molecule has 0 amide bonds. The Morgan fingerprint density at radius 1 is 1.47 bits per heavy atom. The molecule has 0 aromatic heterocycles. The number of nitrogens with two attached hydrogens (primary N) is 1. The molecule has 19 heavy (non-hydrogen) atoms. The van der Waals surface area contributed by atoms with Crippen LogP contribution >= 0.6 is 0 Å². The average molecular weight is 286 g/mol. The minimum atomic E-state index is -3.55. The summed E-state index contributed by atoms with van der Waals surface area (Å²) >= 11 is 0. The molecule has 0 aliphatic carbocycles. The van der Waals surface area contributed by atoms with Crippen LogP contribution in [0.4, 0.5) is 4.39 Å². The second-order valence-corrected chi connectivity index (χ2v) is 7.45. The summed E-state index contributed by atoms with van der Waals surface area (Å²) in [6.45, 7) is 4.89. The summed E-state index contributed by atoms with van der Waals surface area (Å²) in [5.41, 5.74) is 5.86. The summed E-state index contributed by atoms with van der Waals surface area (Å²) in [5, 5.41) is 0. The van der Waals surface area contributed by atoms with Crippen LogP contribution in [0.2, 0.25) is 0 Å². The maximum Gasteiger partial charge on any atom is 0.243 e. The van der Waals surface area contributed by atoms with Gasteiger partial charge in [-0.1, -0.05) is 6.92 Å². The Labute approximate surface area is 113 Å². The largest absolute Gasteiger partial charge is 0.330 e. The van der Waals surface area contributed by atoms with Gasteiger partial charge in [-0.05, 0) is 49.1 Å². The molecular weight excluding hydrogens is 267 g/mol. The zero-order valence-corrected chi connectivity index (χ0v) is 12.0. The molecule has 106 valence electrons. The number of benzene rings is 1. The van der Waals surface area contributed by atoms with Gasteiger partial charge < -0.3 is 5.73 Å². The lowest BCUT2D eigenvalue weighted by Gasteiger charge is -2.22. The number of rotatable bonds is 3. The Kier molecular flexibility index (Phi) is 3.68. The van der Waals surface area contributed by atoms with Crippen molar-refractivity contribution < 1.29 is 12.8 Å². The van der Waals surface area contributed by atoms with Crippen LogP contribution in [-0.4, -0.2) is 32.4 Å². The minimum Gasteiger partial charge on any atom is -0.330 e. The normalized spacial score (nSPS) is 24.8. The first-order chi connectivity index (χ1) is 8.78. The van der Waals surface area contributed by atoms with Crippen LogP contribution < -0.4 is 5.73 Å². The Hall–Kier alpha value is -0.980. The lowest BCUT2D eigenvalue weighted by Crippen LogP contribution is -2.34. The first kappa shape index (κ1) is 14.4. The number of halogens is 1. The lowest BCUT2D eigenvalue weighted by atomic mass is 9.90. The Morgan fingerprint density at radius 2 is 2.16 bits per heavy atom. The molecule has 6 heteroatoms. The molecule has 1 atom stereocenters. The minimum absolute atomic E-state index is 0.146. The highest BCUT2D eigenvalue weighted by Gasteiger charge is 2.39. The fourth-order valence-electron chi connectivity index (χ4n) is 2.28. The van der Waals surface area contributed by atoms with Crippen molar-refractivity contribution in [2.75, 3.05) is 19.6 Å². The molecule has 1 aromatic rings. The number of hydrogen-bond donors (Lipinski definition) is 1. The van der Waals surface area contributed by atoms with Crippen LogP contribution in [0.25, 0.3) is 0 Å². The van der Waals surface area contributed by atoms with Gasteiger partial charge in [0.25, 0.3) is 0 Å². The summed E-state index contributed by atoms with van der Waals surface area (Å²) < 4.78 is 39.6. The van der Waals surface area contributed by atoms with E-state index in [2.05, 4.69) is 0 Å².